The fourth-order valence-electron chi connectivity index (χ4n) is 12.0. The highest BCUT2D eigenvalue weighted by Gasteiger charge is 2.34. The van der Waals surface area contributed by atoms with E-state index in [1.807, 2.05) is 0 Å². The molecule has 0 amide bonds. The zero-order chi connectivity index (χ0) is 52.9. The average Bonchev–Trinajstić information content (AvgIpc) is 3.89. The number of fused-ring (bicyclic) bond motifs is 6. The Kier molecular flexibility index (Phi) is 11.5. The number of hydrogen-bond donors (Lipinski definition) is 0. The fraction of sp³-hybridized carbons (Fsp3) is 0.129. The number of benzene rings is 10. The Labute approximate surface area is 441 Å². The molecule has 2 heterocycles. The maximum Gasteiger partial charge on any atom is 0.417 e. The van der Waals surface area contributed by atoms with Crippen molar-refractivity contribution in [1.29, 1.82) is 5.26 Å². The van der Waals surface area contributed by atoms with Gasteiger partial charge in [-0.15, -0.1) is 0 Å². The van der Waals surface area contributed by atoms with Gasteiger partial charge < -0.3 is 9.13 Å². The Morgan fingerprint density at radius 1 is 0.342 bits per heavy atom. The van der Waals surface area contributed by atoms with Crippen LogP contribution in [0.3, 0.4) is 0 Å². The molecule has 0 aliphatic heterocycles. The number of nitriles is 1. The second kappa shape index (κ2) is 18.2. The first-order valence-electron chi connectivity index (χ1n) is 25.8. The minimum absolute atomic E-state index is 0.0161. The summed E-state index contributed by atoms with van der Waals surface area (Å²) in [4.78, 5) is 0. The molecule has 370 valence electrons. The number of rotatable bonds is 7. The molecule has 0 saturated carbocycles. The van der Waals surface area contributed by atoms with Crippen molar-refractivity contribution in [3.63, 3.8) is 0 Å². The fourth-order valence-corrected chi connectivity index (χ4v) is 12.0. The summed E-state index contributed by atoms with van der Waals surface area (Å²) in [6.45, 7) is 16.8. The number of hydrogen-bond acceptors (Lipinski definition) is 1. The molecule has 0 fully saturated rings. The van der Waals surface area contributed by atoms with E-state index >= 15 is 13.2 Å². The lowest BCUT2D eigenvalue weighted by molar-refractivity contribution is -0.137. The van der Waals surface area contributed by atoms with Gasteiger partial charge in [0.2, 0.25) is 0 Å². The van der Waals surface area contributed by atoms with Crippen LogP contribution >= 0.6 is 0 Å². The van der Waals surface area contributed by atoms with E-state index in [4.69, 9.17) is 0 Å². The van der Waals surface area contributed by atoms with Gasteiger partial charge in [0.1, 0.15) is 11.6 Å². The van der Waals surface area contributed by atoms with Gasteiger partial charge in [0.25, 0.3) is 0 Å². The van der Waals surface area contributed by atoms with Crippen molar-refractivity contribution in [1.82, 2.24) is 9.13 Å². The van der Waals surface area contributed by atoms with Crippen LogP contribution in [0.2, 0.25) is 0 Å². The Hall–Kier alpha value is -8.92. The van der Waals surface area contributed by atoms with E-state index in [0.29, 0.717) is 22.5 Å². The van der Waals surface area contributed by atoms with E-state index in [9.17, 15) is 5.26 Å². The van der Waals surface area contributed by atoms with Crippen molar-refractivity contribution < 1.29 is 13.2 Å². The second-order valence-electron chi connectivity index (χ2n) is 20.9. The maximum atomic E-state index is 15.5. The van der Waals surface area contributed by atoms with Gasteiger partial charge in [0.05, 0.1) is 39.0 Å². The van der Waals surface area contributed by atoms with E-state index < -0.39 is 11.7 Å². The Bertz CT molecular complexity index is 3980. The number of aryl methyl sites for hydroxylation is 8. The summed E-state index contributed by atoms with van der Waals surface area (Å²) < 4.78 is 50.6. The molecule has 76 heavy (non-hydrogen) atoms. The van der Waals surface area contributed by atoms with Gasteiger partial charge in [-0.1, -0.05) is 162 Å². The molecule has 0 aliphatic carbocycles. The summed E-state index contributed by atoms with van der Waals surface area (Å²) in [5.41, 5.74) is 21.5. The van der Waals surface area contributed by atoms with Gasteiger partial charge in [0, 0.05) is 21.5 Å². The first kappa shape index (κ1) is 48.0. The van der Waals surface area contributed by atoms with Crippen LogP contribution in [0.4, 0.5) is 13.2 Å². The lowest BCUT2D eigenvalue weighted by atomic mass is 9.95. The van der Waals surface area contributed by atoms with E-state index in [1.165, 1.54) is 6.07 Å². The van der Waals surface area contributed by atoms with Crippen LogP contribution in [0.15, 0.2) is 182 Å². The molecule has 0 spiro atoms. The highest BCUT2D eigenvalue weighted by molar-refractivity contribution is 6.13. The van der Waals surface area contributed by atoms with Gasteiger partial charge in [-0.05, 0) is 176 Å². The number of halogens is 3. The van der Waals surface area contributed by atoms with Crippen LogP contribution in [0.5, 0.6) is 0 Å². The van der Waals surface area contributed by atoms with E-state index in [-0.39, 0.29) is 5.56 Å². The van der Waals surface area contributed by atoms with Crippen LogP contribution in [-0.4, -0.2) is 9.13 Å². The lowest BCUT2D eigenvalue weighted by Crippen LogP contribution is -2.09. The Morgan fingerprint density at radius 3 is 0.947 bits per heavy atom. The molecule has 0 unspecified atom stereocenters. The molecule has 12 aromatic rings. The van der Waals surface area contributed by atoms with Gasteiger partial charge in [-0.25, -0.2) is 0 Å². The quantitative estimate of drug-likeness (QED) is 0.157. The first-order chi connectivity index (χ1) is 36.5. The van der Waals surface area contributed by atoms with Crippen molar-refractivity contribution in [3.8, 4) is 73.1 Å². The first-order valence-corrected chi connectivity index (χ1v) is 25.8. The van der Waals surface area contributed by atoms with Gasteiger partial charge in [0.15, 0.2) is 0 Å². The third-order valence-electron chi connectivity index (χ3n) is 15.5. The smallest absolute Gasteiger partial charge is 0.308 e. The number of aromatic nitrogens is 2. The lowest BCUT2D eigenvalue weighted by Gasteiger charge is -2.20. The highest BCUT2D eigenvalue weighted by Crippen LogP contribution is 2.46. The molecule has 0 aliphatic rings. The summed E-state index contributed by atoms with van der Waals surface area (Å²) in [5.74, 6) is 0. The predicted molar refractivity (Wildman–Crippen MR) is 310 cm³/mol. The van der Waals surface area contributed by atoms with Crippen molar-refractivity contribution in [3.05, 3.63) is 238 Å². The summed E-state index contributed by atoms with van der Waals surface area (Å²) in [5, 5.41) is 15.9. The van der Waals surface area contributed by atoms with Crippen LogP contribution in [0.1, 0.15) is 55.6 Å². The number of alkyl halides is 3. The molecule has 0 atom stereocenters. The summed E-state index contributed by atoms with van der Waals surface area (Å²) in [7, 11) is 0. The van der Waals surface area contributed by atoms with Crippen molar-refractivity contribution in [2.45, 2.75) is 61.6 Å². The van der Waals surface area contributed by atoms with E-state index in [2.05, 4.69) is 216 Å². The Balaban J connectivity index is 1.26. The molecule has 0 N–H and O–H groups in total. The summed E-state index contributed by atoms with van der Waals surface area (Å²) >= 11 is 0. The monoisotopic (exact) mass is 993 g/mol. The molecule has 6 heteroatoms. The molecular formula is C70H54F3N3. The third kappa shape index (κ3) is 8.06. The normalized spacial score (nSPS) is 11.9. The van der Waals surface area contributed by atoms with Crippen LogP contribution < -0.4 is 0 Å². The van der Waals surface area contributed by atoms with E-state index in [1.54, 1.807) is 24.3 Å². The zero-order valence-electron chi connectivity index (χ0n) is 43.8. The van der Waals surface area contributed by atoms with Crippen molar-refractivity contribution in [2.24, 2.45) is 0 Å². The van der Waals surface area contributed by atoms with Gasteiger partial charge >= 0.3 is 6.18 Å². The summed E-state index contributed by atoms with van der Waals surface area (Å²) in [6.07, 6.45) is -4.67. The average molecular weight is 994 g/mol. The predicted octanol–water partition coefficient (Wildman–Crippen LogP) is 19.6. The van der Waals surface area contributed by atoms with Crippen LogP contribution in [-0.2, 0) is 6.18 Å². The van der Waals surface area contributed by atoms with Gasteiger partial charge in [-0.2, -0.15) is 18.4 Å². The molecule has 0 saturated heterocycles. The minimum atomic E-state index is -4.67. The molecule has 3 nitrogen and oxygen atoms in total. The molecular weight excluding hydrogens is 940 g/mol. The number of nitrogens with zero attached hydrogens (tertiary/aromatic N) is 3. The van der Waals surface area contributed by atoms with Crippen molar-refractivity contribution in [2.75, 3.05) is 0 Å². The standard InChI is InChI=1S/C70H54F3N3/c1-40-13-21-53(44(5)29-40)48-17-25-58-59-26-18-49(54-22-14-41(2)30-45(54)6)34-65(59)75(64(58)33-48)68-37-52(57-11-9-10-12-63(57)70(71,72)73)38-69(62(68)39-74)76-66-35-50(55-23-15-42(3)31-46(55)7)19-27-60(66)61-28-20-51(36-67(61)76)56-24-16-43(4)32-47(56)8/h9-38H,1-8H3. The third-order valence-corrected chi connectivity index (χ3v) is 15.5. The van der Waals surface area contributed by atoms with E-state index in [0.717, 1.165) is 139 Å². The molecule has 0 radical (unpaired) electrons. The zero-order valence-corrected chi connectivity index (χ0v) is 43.8. The maximum absolute atomic E-state index is 15.5. The van der Waals surface area contributed by atoms with Crippen LogP contribution in [0.25, 0.3) is 111 Å². The van der Waals surface area contributed by atoms with Gasteiger partial charge in [-0.3, -0.25) is 0 Å². The van der Waals surface area contributed by atoms with Crippen molar-refractivity contribution >= 4 is 43.6 Å². The molecule has 10 aromatic carbocycles. The Morgan fingerprint density at radius 2 is 0.658 bits per heavy atom. The SMILES string of the molecule is Cc1ccc(-c2ccc3c4ccc(-c5ccc(C)cc5C)cc4n(-c4cc(-c5ccccc5C(F)(F)F)cc(-n5c6cc(-c7ccc(C)cc7C)ccc6c6ccc(-c7ccc(C)cc7C)cc65)c4C#N)c3c2)c(C)c1. The molecule has 0 bridgehead atoms. The van der Waals surface area contributed by atoms with Crippen LogP contribution in [0, 0.1) is 66.7 Å². The minimum Gasteiger partial charge on any atom is -0.308 e. The topological polar surface area (TPSA) is 33.6 Å². The summed E-state index contributed by atoms with van der Waals surface area (Å²) in [6, 6.07) is 63.7. The largest absolute Gasteiger partial charge is 0.417 e. The second-order valence-corrected chi connectivity index (χ2v) is 20.9. The highest BCUT2D eigenvalue weighted by atomic mass is 19.4. The molecule has 12 rings (SSSR count). The molecule has 2 aromatic heterocycles.